The van der Waals surface area contributed by atoms with E-state index in [4.69, 9.17) is 4.74 Å². The number of benzene rings is 1. The van der Waals surface area contributed by atoms with Gasteiger partial charge in [0.25, 0.3) is 11.6 Å². The third kappa shape index (κ3) is 5.35. The number of non-ortho nitro benzene ring substituents is 1. The number of ether oxygens (including phenoxy) is 1. The van der Waals surface area contributed by atoms with Gasteiger partial charge in [0.15, 0.2) is 0 Å². The van der Waals surface area contributed by atoms with E-state index in [0.29, 0.717) is 18.7 Å². The van der Waals surface area contributed by atoms with Crippen molar-refractivity contribution in [3.8, 4) is 0 Å². The fraction of sp³-hybridized carbons (Fsp3) is 0.417. The van der Waals surface area contributed by atoms with Crippen LogP contribution in [0.15, 0.2) is 24.3 Å². The highest BCUT2D eigenvalue weighted by atomic mass is 79.9. The number of rotatable bonds is 7. The summed E-state index contributed by atoms with van der Waals surface area (Å²) in [5.41, 5.74) is 0.376. The molecule has 0 aliphatic rings. The Hall–Kier alpha value is -1.47. The molecule has 6 nitrogen and oxygen atoms in total. The molecule has 1 rings (SSSR count). The molecular weight excluding hydrogens is 316 g/mol. The minimum Gasteiger partial charge on any atom is -0.384 e. The Kier molecular flexibility index (Phi) is 6.44. The molecule has 1 unspecified atom stereocenters. The molecule has 1 amide bonds. The van der Waals surface area contributed by atoms with Crippen molar-refractivity contribution in [1.82, 2.24) is 5.32 Å². The third-order valence-electron chi connectivity index (χ3n) is 2.43. The van der Waals surface area contributed by atoms with Crippen LogP contribution >= 0.6 is 15.9 Å². The molecule has 0 heterocycles. The number of nitro benzene ring substituents is 1. The first-order chi connectivity index (χ1) is 9.04. The van der Waals surface area contributed by atoms with E-state index < -0.39 is 4.92 Å². The summed E-state index contributed by atoms with van der Waals surface area (Å²) < 4.78 is 4.96. The number of nitrogens with one attached hydrogen (secondary N) is 1. The predicted octanol–water partition coefficient (Wildman–Crippen LogP) is 2.12. The first kappa shape index (κ1) is 15.6. The number of nitro groups is 1. The van der Waals surface area contributed by atoms with Crippen molar-refractivity contribution in [2.45, 2.75) is 11.2 Å². The Bertz CT molecular complexity index is 436. The highest BCUT2D eigenvalue weighted by Crippen LogP contribution is 2.12. The van der Waals surface area contributed by atoms with Gasteiger partial charge in [-0.3, -0.25) is 14.9 Å². The second kappa shape index (κ2) is 7.85. The lowest BCUT2D eigenvalue weighted by atomic mass is 10.2. The van der Waals surface area contributed by atoms with Crippen molar-refractivity contribution in [2.24, 2.45) is 0 Å². The highest BCUT2D eigenvalue weighted by Gasteiger charge is 2.10. The van der Waals surface area contributed by atoms with Gasteiger partial charge >= 0.3 is 0 Å². The van der Waals surface area contributed by atoms with Crippen LogP contribution in [0.25, 0.3) is 0 Å². The SMILES string of the molecule is COCC(Br)CCNC(=O)c1ccc([N+](=O)[O-])cc1. The predicted molar refractivity (Wildman–Crippen MR) is 74.6 cm³/mol. The highest BCUT2D eigenvalue weighted by molar-refractivity contribution is 9.09. The molecule has 0 saturated heterocycles. The van der Waals surface area contributed by atoms with Crippen molar-refractivity contribution in [3.63, 3.8) is 0 Å². The van der Waals surface area contributed by atoms with Crippen LogP contribution in [0.5, 0.6) is 0 Å². The summed E-state index contributed by atoms with van der Waals surface area (Å²) in [6.07, 6.45) is 0.743. The Morgan fingerprint density at radius 2 is 2.11 bits per heavy atom. The number of halogens is 1. The van der Waals surface area contributed by atoms with Crippen LogP contribution in [0.1, 0.15) is 16.8 Å². The monoisotopic (exact) mass is 330 g/mol. The van der Waals surface area contributed by atoms with Gasteiger partial charge in [-0.05, 0) is 18.6 Å². The van der Waals surface area contributed by atoms with E-state index in [9.17, 15) is 14.9 Å². The number of nitrogens with zero attached hydrogens (tertiary/aromatic N) is 1. The van der Waals surface area contributed by atoms with E-state index in [0.717, 1.165) is 6.42 Å². The second-order valence-electron chi connectivity index (χ2n) is 3.90. The quantitative estimate of drug-likeness (QED) is 0.471. The molecule has 0 fully saturated rings. The zero-order valence-electron chi connectivity index (χ0n) is 10.5. The maximum atomic E-state index is 11.7. The van der Waals surface area contributed by atoms with Gasteiger partial charge in [0.1, 0.15) is 0 Å². The minimum absolute atomic E-state index is 0.0304. The standard InChI is InChI=1S/C12H15BrN2O4/c1-19-8-10(13)6-7-14-12(16)9-2-4-11(5-3-9)15(17)18/h2-5,10H,6-8H2,1H3,(H,14,16). The van der Waals surface area contributed by atoms with Gasteiger partial charge < -0.3 is 10.1 Å². The van der Waals surface area contributed by atoms with E-state index in [-0.39, 0.29) is 16.4 Å². The van der Waals surface area contributed by atoms with Gasteiger partial charge in [-0.2, -0.15) is 0 Å². The van der Waals surface area contributed by atoms with Crippen LogP contribution in [0.4, 0.5) is 5.69 Å². The summed E-state index contributed by atoms with van der Waals surface area (Å²) in [7, 11) is 1.61. The number of amides is 1. The van der Waals surface area contributed by atoms with Crippen LogP contribution in [0.2, 0.25) is 0 Å². The number of hydrogen-bond acceptors (Lipinski definition) is 4. The fourth-order valence-electron chi connectivity index (χ4n) is 1.44. The molecule has 104 valence electrons. The first-order valence-electron chi connectivity index (χ1n) is 5.70. The number of alkyl halides is 1. The van der Waals surface area contributed by atoms with E-state index in [1.165, 1.54) is 24.3 Å². The van der Waals surface area contributed by atoms with Gasteiger partial charge in [0, 0.05) is 36.2 Å². The minimum atomic E-state index is -0.498. The van der Waals surface area contributed by atoms with Crippen molar-refractivity contribution >= 4 is 27.5 Å². The van der Waals surface area contributed by atoms with Crippen molar-refractivity contribution in [1.29, 1.82) is 0 Å². The summed E-state index contributed by atoms with van der Waals surface area (Å²) in [6, 6.07) is 5.50. The smallest absolute Gasteiger partial charge is 0.269 e. The largest absolute Gasteiger partial charge is 0.384 e. The van der Waals surface area contributed by atoms with Gasteiger partial charge in [-0.25, -0.2) is 0 Å². The summed E-state index contributed by atoms with van der Waals surface area (Å²) in [5.74, 6) is -0.244. The summed E-state index contributed by atoms with van der Waals surface area (Å²) in [5, 5.41) is 13.2. The van der Waals surface area contributed by atoms with Crippen molar-refractivity contribution in [3.05, 3.63) is 39.9 Å². The van der Waals surface area contributed by atoms with E-state index >= 15 is 0 Å². The van der Waals surface area contributed by atoms with Crippen LogP contribution in [0.3, 0.4) is 0 Å². The molecule has 1 atom stereocenters. The number of carbonyl (C=O) groups is 1. The van der Waals surface area contributed by atoms with Crippen LogP contribution in [-0.2, 0) is 4.74 Å². The first-order valence-corrected chi connectivity index (χ1v) is 6.62. The summed E-state index contributed by atoms with van der Waals surface area (Å²) in [6.45, 7) is 1.09. The Morgan fingerprint density at radius 1 is 1.47 bits per heavy atom. The van der Waals surface area contributed by atoms with Gasteiger partial charge in [0.2, 0.25) is 0 Å². The Labute approximate surface area is 119 Å². The van der Waals surface area contributed by atoms with Gasteiger partial charge in [-0.1, -0.05) is 15.9 Å². The average Bonchev–Trinajstić information content (AvgIpc) is 2.39. The number of carbonyl (C=O) groups excluding carboxylic acids is 1. The Balaban J connectivity index is 2.43. The van der Waals surface area contributed by atoms with Gasteiger partial charge in [-0.15, -0.1) is 0 Å². The van der Waals surface area contributed by atoms with E-state index in [1.54, 1.807) is 7.11 Å². The molecule has 0 spiro atoms. The van der Waals surface area contributed by atoms with E-state index in [2.05, 4.69) is 21.2 Å². The molecule has 7 heteroatoms. The molecule has 1 aromatic rings. The summed E-state index contributed by atoms with van der Waals surface area (Å²) >= 11 is 3.42. The number of hydrogen-bond donors (Lipinski definition) is 1. The topological polar surface area (TPSA) is 81.5 Å². The lowest BCUT2D eigenvalue weighted by Crippen LogP contribution is -2.26. The van der Waals surface area contributed by atoms with Crippen molar-refractivity contribution in [2.75, 3.05) is 20.3 Å². The molecule has 1 aromatic carbocycles. The maximum absolute atomic E-state index is 11.7. The average molecular weight is 331 g/mol. The lowest BCUT2D eigenvalue weighted by molar-refractivity contribution is -0.384. The normalized spacial score (nSPS) is 11.9. The van der Waals surface area contributed by atoms with Crippen molar-refractivity contribution < 1.29 is 14.5 Å². The molecule has 0 aromatic heterocycles. The fourth-order valence-corrected chi connectivity index (χ4v) is 1.94. The van der Waals surface area contributed by atoms with Crippen LogP contribution in [0, 0.1) is 10.1 Å². The third-order valence-corrected chi connectivity index (χ3v) is 3.15. The van der Waals surface area contributed by atoms with Crippen LogP contribution < -0.4 is 5.32 Å². The molecule has 0 radical (unpaired) electrons. The second-order valence-corrected chi connectivity index (χ2v) is 5.20. The zero-order valence-corrected chi connectivity index (χ0v) is 12.1. The molecule has 0 bridgehead atoms. The molecule has 1 N–H and O–H groups in total. The molecule has 0 aliphatic carbocycles. The molecule has 0 saturated carbocycles. The molecule has 0 aliphatic heterocycles. The Morgan fingerprint density at radius 3 is 2.63 bits per heavy atom. The zero-order chi connectivity index (χ0) is 14.3. The number of methoxy groups -OCH3 is 1. The van der Waals surface area contributed by atoms with Crippen LogP contribution in [-0.4, -0.2) is 35.9 Å². The molecule has 19 heavy (non-hydrogen) atoms. The molecular formula is C12H15BrN2O4. The van der Waals surface area contributed by atoms with Gasteiger partial charge in [0.05, 0.1) is 11.5 Å². The maximum Gasteiger partial charge on any atom is 0.269 e. The summed E-state index contributed by atoms with van der Waals surface area (Å²) in [4.78, 5) is 21.9. The van der Waals surface area contributed by atoms with E-state index in [1.807, 2.05) is 0 Å². The lowest BCUT2D eigenvalue weighted by Gasteiger charge is -2.09.